The Hall–Kier alpha value is -7.99. The van der Waals surface area contributed by atoms with E-state index in [2.05, 4.69) is 0 Å². The van der Waals surface area contributed by atoms with Crippen LogP contribution in [0.1, 0.15) is 267 Å². The van der Waals surface area contributed by atoms with Crippen LogP contribution in [0, 0.1) is 140 Å². The van der Waals surface area contributed by atoms with Gasteiger partial charge in [-0.05, 0) is 197 Å². The summed E-state index contributed by atoms with van der Waals surface area (Å²) in [5.74, 6) is -1.67. The number of hydrogen-bond acceptors (Lipinski definition) is 31. The summed E-state index contributed by atoms with van der Waals surface area (Å²) in [5, 5.41) is 0. The summed E-state index contributed by atoms with van der Waals surface area (Å²) < 4.78 is 85.9. The first-order chi connectivity index (χ1) is 59.6. The predicted octanol–water partition coefficient (Wildman–Crippen LogP) is 11.9. The predicted molar refractivity (Wildman–Crippen MR) is 445 cm³/mol. The van der Waals surface area contributed by atoms with Gasteiger partial charge in [0.05, 0.1) is 120 Å². The molecule has 0 spiro atoms. The molecular weight excluding hydrogens is 1650 g/mol. The van der Waals surface area contributed by atoms with Gasteiger partial charge in [0.15, 0.2) is 12.2 Å². The van der Waals surface area contributed by atoms with Gasteiger partial charge in [-0.15, -0.1) is 0 Å². The van der Waals surface area contributed by atoms with Crippen LogP contribution in [-0.4, -0.2) is 195 Å². The number of carbonyl (C=O) groups excluding carboxylic acids is 15. The van der Waals surface area contributed by atoms with Gasteiger partial charge >= 0.3 is 89.5 Å². The smallest absolute Gasteiger partial charge is 0.312 e. The molecule has 0 amide bonds. The fourth-order valence-electron chi connectivity index (χ4n) is 21.7. The van der Waals surface area contributed by atoms with E-state index in [4.69, 9.17) is 75.8 Å². The van der Waals surface area contributed by atoms with Crippen molar-refractivity contribution in [3.8, 4) is 0 Å². The van der Waals surface area contributed by atoms with Gasteiger partial charge in [-0.25, -0.2) is 0 Å². The lowest BCUT2D eigenvalue weighted by Gasteiger charge is -2.35. The standard InChI is InChI=1S/C15H20O6.2C15H22O4.C14H20O4.C13H20O4.C12H16O5.C12H20O4/c1-4-6(2)13(16)20-11-7-5-8-10(9(7)14(17)19-3)15(18)21-12(8)11;1-4-15(2,3)14(17)19-11-6-8-5-9(11)10-7-18-13(16)12(8)10;1-4-15(2,3)14(17)19-11-6-8-5-9(11)12-10(8)7-18-13(12)16;1-4-14(2,3)13(16)18-10-7-5-8-9(6-7)12(15)17-11(8)10;1-4-13(2,3)12(15)17-9-6-5-8-7-10(9)16-11(8)14;1-3-5(2)11(13)16-9-7-4-6-8(15-7)10(9)17-12(6)14;1-5-11(2,3)10(14)16-12(4)6-7-15-9(13)8-12/h6-12H,4-5H2,1-3H3;2*8-12H,4-7H2,1-3H3;7-11H,4-6H2,1-3H3;8-10H,4-7H2,1-3H3;5-10H,3-4H2,1-2H3;5-8H2,1-4H3. The van der Waals surface area contributed by atoms with Crippen LogP contribution in [0.5, 0.6) is 0 Å². The zero-order chi connectivity index (χ0) is 93.1. The molecule has 18 rings (SSSR count). The maximum absolute atomic E-state index is 12.2. The summed E-state index contributed by atoms with van der Waals surface area (Å²) in [6.07, 6.45) is 12.1. The molecule has 0 aromatic heterocycles. The SMILES string of the molecule is CCC(C)(C)C(=O)OC1(C)CCOC(=O)C1.CCC(C)(C)C(=O)OC1C2CC3C(=O)OC1C3C2.CCC(C)(C)C(=O)OC1CC2CC1C1C(=O)OCC21.CCC(C)(C)C(=O)OC1CC2CC1C1COC(=O)C21.CCC(C)(C)C(=O)OC1CCC2CC1OC2=O.CCC(C)C(=O)OC1C2CC3C(=O)OC1C3O2.CCC(C)C(=O)OC1C2CC3C1OC(=O)C3C2C(=O)OC. The van der Waals surface area contributed by atoms with Gasteiger partial charge < -0.3 is 75.8 Å². The van der Waals surface area contributed by atoms with Gasteiger partial charge in [-0.3, -0.25) is 71.9 Å². The van der Waals surface area contributed by atoms with Crippen LogP contribution in [0.25, 0.3) is 0 Å². The molecular formula is C96H140O31. The van der Waals surface area contributed by atoms with Gasteiger partial charge in [0, 0.05) is 60.2 Å². The highest BCUT2D eigenvalue weighted by Gasteiger charge is 2.71. The van der Waals surface area contributed by atoms with E-state index < -0.39 is 62.7 Å². The van der Waals surface area contributed by atoms with E-state index in [0.29, 0.717) is 93.9 Å². The zero-order valence-corrected chi connectivity index (χ0v) is 78.3. The quantitative estimate of drug-likeness (QED) is 0.0717. The minimum Gasteiger partial charge on any atom is -0.469 e. The van der Waals surface area contributed by atoms with Crippen molar-refractivity contribution in [2.24, 2.45) is 140 Å². The second kappa shape index (κ2) is 38.4. The van der Waals surface area contributed by atoms with E-state index in [1.807, 2.05) is 125 Å². The summed E-state index contributed by atoms with van der Waals surface area (Å²) in [4.78, 5) is 177. The van der Waals surface area contributed by atoms with E-state index in [1.54, 1.807) is 13.8 Å². The Morgan fingerprint density at radius 2 is 0.898 bits per heavy atom. The van der Waals surface area contributed by atoms with Crippen molar-refractivity contribution in [3.63, 3.8) is 0 Å². The van der Waals surface area contributed by atoms with Gasteiger partial charge in [0.1, 0.15) is 60.5 Å². The third-order valence-corrected chi connectivity index (χ3v) is 32.6. The molecule has 18 aliphatic rings. The summed E-state index contributed by atoms with van der Waals surface area (Å²) in [7, 11) is 1.31. The van der Waals surface area contributed by atoms with E-state index in [9.17, 15) is 71.9 Å². The average molecular weight is 1790 g/mol. The molecule has 0 aromatic rings. The molecule has 12 bridgehead atoms. The highest BCUT2D eigenvalue weighted by molar-refractivity contribution is 5.87. The molecule has 32 atom stereocenters. The molecule has 710 valence electrons. The molecule has 9 saturated carbocycles. The Labute approximate surface area is 746 Å². The van der Waals surface area contributed by atoms with E-state index >= 15 is 0 Å². The number of cyclic esters (lactones) is 3. The summed E-state index contributed by atoms with van der Waals surface area (Å²) >= 11 is 0. The molecule has 9 saturated heterocycles. The minimum absolute atomic E-state index is 0.000856. The van der Waals surface area contributed by atoms with E-state index in [0.717, 1.165) is 83.5 Å². The lowest BCUT2D eigenvalue weighted by Crippen LogP contribution is -2.44. The van der Waals surface area contributed by atoms with Crippen LogP contribution < -0.4 is 0 Å². The maximum Gasteiger partial charge on any atom is 0.312 e. The van der Waals surface area contributed by atoms with Crippen LogP contribution in [0.4, 0.5) is 0 Å². The highest BCUT2D eigenvalue weighted by atomic mass is 16.7. The molecule has 0 aromatic carbocycles. The molecule has 9 aliphatic carbocycles. The fourth-order valence-corrected chi connectivity index (χ4v) is 21.7. The normalized spacial score (nSPS) is 38.0. The number of hydrogen-bond donors (Lipinski definition) is 0. The Morgan fingerprint density at radius 1 is 0.402 bits per heavy atom. The van der Waals surface area contributed by atoms with E-state index in [1.165, 1.54) is 7.11 Å². The van der Waals surface area contributed by atoms with Crippen molar-refractivity contribution >= 4 is 89.5 Å². The van der Waals surface area contributed by atoms with Crippen molar-refractivity contribution in [1.29, 1.82) is 0 Å². The van der Waals surface area contributed by atoms with Gasteiger partial charge in [0.2, 0.25) is 0 Å². The summed E-state index contributed by atoms with van der Waals surface area (Å²) in [6, 6.07) is 0. The van der Waals surface area contributed by atoms with Gasteiger partial charge in [0.25, 0.3) is 0 Å². The van der Waals surface area contributed by atoms with Crippen LogP contribution in [0.2, 0.25) is 0 Å². The molecule has 127 heavy (non-hydrogen) atoms. The van der Waals surface area contributed by atoms with Crippen molar-refractivity contribution in [2.75, 3.05) is 26.9 Å². The first-order valence-electron chi connectivity index (χ1n) is 47.2. The first-order valence-corrected chi connectivity index (χ1v) is 47.2. The lowest BCUT2D eigenvalue weighted by atomic mass is 9.78. The molecule has 9 heterocycles. The largest absolute Gasteiger partial charge is 0.469 e. The van der Waals surface area contributed by atoms with Crippen molar-refractivity contribution < 1.29 is 148 Å². The van der Waals surface area contributed by atoms with Crippen molar-refractivity contribution in [1.82, 2.24) is 0 Å². The number of carbonyl (C=O) groups is 15. The van der Waals surface area contributed by atoms with Crippen molar-refractivity contribution in [3.05, 3.63) is 0 Å². The summed E-state index contributed by atoms with van der Waals surface area (Å²) in [6.45, 7) is 39.5. The third kappa shape index (κ3) is 19.8. The molecule has 18 fully saturated rings. The van der Waals surface area contributed by atoms with Crippen LogP contribution in [-0.2, 0) is 148 Å². The zero-order valence-electron chi connectivity index (χ0n) is 78.3. The van der Waals surface area contributed by atoms with E-state index in [-0.39, 0.29) is 216 Å². The second-order valence-electron chi connectivity index (χ2n) is 42.5. The summed E-state index contributed by atoms with van der Waals surface area (Å²) in [5.41, 5.74) is -2.95. The average Bonchev–Trinajstić information content (AvgIpc) is 1.55. The lowest BCUT2D eigenvalue weighted by molar-refractivity contribution is -0.182. The monoisotopic (exact) mass is 1790 g/mol. The number of fused-ring (bicyclic) bond motifs is 15. The third-order valence-electron chi connectivity index (χ3n) is 32.6. The highest BCUT2D eigenvalue weighted by Crippen LogP contribution is 2.62. The Kier molecular flexibility index (Phi) is 29.7. The Morgan fingerprint density at radius 3 is 1.47 bits per heavy atom. The molecule has 0 radical (unpaired) electrons. The Bertz CT molecular complexity index is 4160. The molecule has 9 aliphatic heterocycles. The molecule has 32 unspecified atom stereocenters. The number of ether oxygens (including phenoxy) is 16. The molecule has 31 nitrogen and oxygen atoms in total. The number of rotatable bonds is 22. The topological polar surface area (TPSA) is 404 Å². The second-order valence-corrected chi connectivity index (χ2v) is 42.5. The number of methoxy groups -OCH3 is 1. The minimum atomic E-state index is -0.696. The number of esters is 15. The first kappa shape index (κ1) is 98.1. The van der Waals surface area contributed by atoms with Crippen LogP contribution in [0.15, 0.2) is 0 Å². The van der Waals surface area contributed by atoms with Gasteiger partial charge in [-0.1, -0.05) is 62.3 Å². The molecule has 31 heteroatoms. The van der Waals surface area contributed by atoms with Crippen LogP contribution in [0.3, 0.4) is 0 Å². The molecule has 0 N–H and O–H groups in total. The van der Waals surface area contributed by atoms with Crippen LogP contribution >= 0.6 is 0 Å². The van der Waals surface area contributed by atoms with Gasteiger partial charge in [-0.2, -0.15) is 0 Å². The Balaban J connectivity index is 0.000000135. The maximum atomic E-state index is 12.2. The fraction of sp³-hybridized carbons (Fsp3) is 0.844. The van der Waals surface area contributed by atoms with Crippen molar-refractivity contribution in [2.45, 2.75) is 346 Å².